The first-order chi connectivity index (χ1) is 13.8. The number of hydrogen-bond donors (Lipinski definition) is 1. The summed E-state index contributed by atoms with van der Waals surface area (Å²) < 4.78 is 7.16. The molecule has 0 radical (unpaired) electrons. The van der Waals surface area contributed by atoms with Crippen molar-refractivity contribution in [3.05, 3.63) is 52.0 Å². The minimum Gasteiger partial charge on any atom is -0.493 e. The molecule has 3 aromatic rings. The van der Waals surface area contributed by atoms with Gasteiger partial charge in [-0.1, -0.05) is 48.7 Å². The third-order valence-corrected chi connectivity index (χ3v) is 4.75. The highest BCUT2D eigenvalue weighted by molar-refractivity contribution is 6.35. The number of nitrogens with zero attached hydrogens (tertiary/aromatic N) is 3. The summed E-state index contributed by atoms with van der Waals surface area (Å²) in [5.41, 5.74) is 2.12. The summed E-state index contributed by atoms with van der Waals surface area (Å²) in [6, 6.07) is 10.5. The number of fused-ring (bicyclic) bond motifs is 1. The van der Waals surface area contributed by atoms with Crippen molar-refractivity contribution in [3.63, 3.8) is 0 Å². The maximum absolute atomic E-state index is 12.1. The molecule has 0 saturated carbocycles. The van der Waals surface area contributed by atoms with Crippen LogP contribution < -0.4 is 4.74 Å². The predicted molar refractivity (Wildman–Crippen MR) is 115 cm³/mol. The van der Waals surface area contributed by atoms with Crippen molar-refractivity contribution < 1.29 is 14.6 Å². The first-order valence-corrected chi connectivity index (χ1v) is 9.86. The van der Waals surface area contributed by atoms with Gasteiger partial charge in [0.05, 0.1) is 10.5 Å². The van der Waals surface area contributed by atoms with E-state index in [-0.39, 0.29) is 18.2 Å². The van der Waals surface area contributed by atoms with Crippen LogP contribution in [0.1, 0.15) is 19.4 Å². The Morgan fingerprint density at radius 3 is 2.66 bits per heavy atom. The Hall–Kier alpha value is -2.57. The van der Waals surface area contributed by atoms with Gasteiger partial charge in [-0.3, -0.25) is 4.79 Å². The summed E-state index contributed by atoms with van der Waals surface area (Å²) >= 11 is 11.9. The molecule has 1 amide bonds. The van der Waals surface area contributed by atoms with Crippen molar-refractivity contribution in [1.29, 1.82) is 0 Å². The number of carbonyl (C=O) groups excluding carboxylic acids is 1. The number of amides is 1. The Balaban J connectivity index is 1.83. The molecule has 1 N–H and O–H groups in total. The van der Waals surface area contributed by atoms with Gasteiger partial charge in [-0.05, 0) is 43.2 Å². The number of aromatic hydroxyl groups is 1. The van der Waals surface area contributed by atoms with Crippen molar-refractivity contribution in [2.75, 3.05) is 6.61 Å². The van der Waals surface area contributed by atoms with E-state index in [2.05, 4.69) is 24.1 Å². The molecule has 0 bridgehead atoms. The quantitative estimate of drug-likeness (QED) is 0.462. The van der Waals surface area contributed by atoms with E-state index in [1.165, 1.54) is 6.07 Å². The van der Waals surface area contributed by atoms with E-state index in [4.69, 9.17) is 27.9 Å². The molecular formula is C21H21Cl2N3O3. The summed E-state index contributed by atoms with van der Waals surface area (Å²) in [6.07, 6.45) is 0. The van der Waals surface area contributed by atoms with Gasteiger partial charge in [-0.2, -0.15) is 0 Å². The number of azo groups is 1. The third kappa shape index (κ3) is 4.89. The van der Waals surface area contributed by atoms with Crippen molar-refractivity contribution in [1.82, 2.24) is 4.57 Å². The van der Waals surface area contributed by atoms with Gasteiger partial charge in [-0.25, -0.2) is 0 Å². The first-order valence-electron chi connectivity index (χ1n) is 9.10. The van der Waals surface area contributed by atoms with Crippen molar-refractivity contribution in [3.8, 4) is 11.6 Å². The van der Waals surface area contributed by atoms with Crippen LogP contribution in [-0.2, 0) is 11.3 Å². The van der Waals surface area contributed by atoms with Crippen LogP contribution in [0, 0.1) is 12.8 Å². The number of hydrogen-bond acceptors (Lipinski definition) is 4. The minimum absolute atomic E-state index is 0.0162. The van der Waals surface area contributed by atoms with Gasteiger partial charge in [0.25, 0.3) is 0 Å². The zero-order valence-corrected chi connectivity index (χ0v) is 17.8. The molecule has 29 heavy (non-hydrogen) atoms. The summed E-state index contributed by atoms with van der Waals surface area (Å²) in [7, 11) is 0. The van der Waals surface area contributed by atoms with E-state index < -0.39 is 5.91 Å². The van der Waals surface area contributed by atoms with Crippen LogP contribution in [0.25, 0.3) is 10.9 Å². The van der Waals surface area contributed by atoms with E-state index in [0.717, 1.165) is 16.5 Å². The van der Waals surface area contributed by atoms with Gasteiger partial charge in [0, 0.05) is 17.0 Å². The van der Waals surface area contributed by atoms with Crippen LogP contribution in [0.5, 0.6) is 11.6 Å². The lowest BCUT2D eigenvalue weighted by Gasteiger charge is -2.09. The minimum atomic E-state index is -0.604. The van der Waals surface area contributed by atoms with E-state index >= 15 is 0 Å². The van der Waals surface area contributed by atoms with Crippen LogP contribution in [0.2, 0.25) is 10.0 Å². The molecule has 1 heterocycles. The number of aromatic nitrogens is 1. The van der Waals surface area contributed by atoms with Gasteiger partial charge in [-0.15, -0.1) is 10.2 Å². The number of aryl methyl sites for hydroxylation is 1. The van der Waals surface area contributed by atoms with Crippen LogP contribution >= 0.6 is 23.2 Å². The normalized spacial score (nSPS) is 11.7. The van der Waals surface area contributed by atoms with Crippen molar-refractivity contribution >= 4 is 45.7 Å². The van der Waals surface area contributed by atoms with E-state index in [0.29, 0.717) is 28.3 Å². The van der Waals surface area contributed by atoms with Crippen molar-refractivity contribution in [2.24, 2.45) is 16.1 Å². The van der Waals surface area contributed by atoms with Gasteiger partial charge >= 0.3 is 5.91 Å². The zero-order chi connectivity index (χ0) is 21.1. The zero-order valence-electron chi connectivity index (χ0n) is 16.3. The second kappa shape index (κ2) is 8.84. The lowest BCUT2D eigenvalue weighted by atomic mass is 10.1. The smallest absolute Gasteiger partial charge is 0.302 e. The predicted octanol–water partition coefficient (Wildman–Crippen LogP) is 6.31. The highest BCUT2D eigenvalue weighted by atomic mass is 35.5. The average Bonchev–Trinajstić information content (AvgIpc) is 2.89. The van der Waals surface area contributed by atoms with E-state index in [1.54, 1.807) is 16.7 Å². The lowest BCUT2D eigenvalue weighted by Crippen LogP contribution is -2.08. The van der Waals surface area contributed by atoms with E-state index in [1.807, 2.05) is 25.1 Å². The van der Waals surface area contributed by atoms with Gasteiger partial charge in [0.15, 0.2) is 12.3 Å². The molecule has 0 fully saturated rings. The summed E-state index contributed by atoms with van der Waals surface area (Å²) in [4.78, 5) is 12.1. The van der Waals surface area contributed by atoms with Crippen LogP contribution in [0.3, 0.4) is 0 Å². The number of carbonyl (C=O) groups is 1. The molecule has 152 valence electrons. The third-order valence-electron chi connectivity index (χ3n) is 4.22. The second-order valence-electron chi connectivity index (χ2n) is 7.15. The topological polar surface area (TPSA) is 76.2 Å². The molecule has 0 aliphatic rings. The number of benzene rings is 2. The van der Waals surface area contributed by atoms with Crippen molar-refractivity contribution in [2.45, 2.75) is 27.3 Å². The molecule has 0 atom stereocenters. The molecule has 0 unspecified atom stereocenters. The summed E-state index contributed by atoms with van der Waals surface area (Å²) in [6.45, 7) is 6.35. The highest BCUT2D eigenvalue weighted by Gasteiger charge is 2.18. The second-order valence-corrected chi connectivity index (χ2v) is 8.00. The molecule has 1 aromatic heterocycles. The Morgan fingerprint density at radius 2 is 1.97 bits per heavy atom. The van der Waals surface area contributed by atoms with Crippen LogP contribution in [0.15, 0.2) is 46.6 Å². The highest BCUT2D eigenvalue weighted by Crippen LogP contribution is 2.39. The van der Waals surface area contributed by atoms with Gasteiger partial charge in [0.1, 0.15) is 5.75 Å². The number of ether oxygens (including phenoxy) is 1. The van der Waals surface area contributed by atoms with E-state index in [9.17, 15) is 9.90 Å². The van der Waals surface area contributed by atoms with Crippen LogP contribution in [0.4, 0.5) is 5.69 Å². The Morgan fingerprint density at radius 1 is 1.21 bits per heavy atom. The molecule has 2 aromatic carbocycles. The molecule has 3 rings (SSSR count). The summed E-state index contributed by atoms with van der Waals surface area (Å²) in [5.74, 6) is 0.0266. The lowest BCUT2D eigenvalue weighted by molar-refractivity contribution is -0.120. The molecule has 0 aliphatic carbocycles. The molecule has 0 spiro atoms. The number of halogens is 2. The molecular weight excluding hydrogens is 413 g/mol. The first kappa shape index (κ1) is 21.1. The average molecular weight is 434 g/mol. The molecule has 0 saturated heterocycles. The largest absolute Gasteiger partial charge is 0.493 e. The fourth-order valence-electron chi connectivity index (χ4n) is 2.95. The molecule has 0 aliphatic heterocycles. The van der Waals surface area contributed by atoms with Crippen LogP contribution in [-0.4, -0.2) is 22.2 Å². The maximum atomic E-state index is 12.1. The van der Waals surface area contributed by atoms with Gasteiger partial charge in [0.2, 0.25) is 5.88 Å². The SMILES string of the molecule is Cc1ccc2c(c1)c(N=NC(=O)COc1ccc(Cl)cc1Cl)c(O)n2CC(C)C. The molecule has 6 nitrogen and oxygen atoms in total. The maximum Gasteiger partial charge on any atom is 0.302 e. The number of rotatable bonds is 6. The summed E-state index contributed by atoms with van der Waals surface area (Å²) in [5, 5.41) is 19.9. The Kier molecular flexibility index (Phi) is 6.45. The fourth-order valence-corrected chi connectivity index (χ4v) is 3.42. The molecule has 8 heteroatoms. The Labute approximate surface area is 178 Å². The van der Waals surface area contributed by atoms with Gasteiger partial charge < -0.3 is 14.4 Å². The monoisotopic (exact) mass is 433 g/mol. The standard InChI is InChI=1S/C21H21Cl2N3O3/c1-12(2)10-26-17-6-4-13(3)8-15(17)20(21(26)28)25-24-19(27)11-29-18-7-5-14(22)9-16(18)23/h4-9,12,28H,10-11H2,1-3H3. The fraction of sp³-hybridized carbons (Fsp3) is 0.286. The Bertz CT molecular complexity index is 1090.